The van der Waals surface area contributed by atoms with Crippen LogP contribution in [-0.4, -0.2) is 30.6 Å². The van der Waals surface area contributed by atoms with E-state index in [0.717, 1.165) is 50.8 Å². The number of likely N-dealkylation sites (tertiary alicyclic amines) is 1. The van der Waals surface area contributed by atoms with Crippen molar-refractivity contribution < 1.29 is 13.9 Å². The van der Waals surface area contributed by atoms with Gasteiger partial charge in [-0.25, -0.2) is 0 Å². The molecular formula is C28H43NO3. The number of methoxy groups -OCH3 is 1. The van der Waals surface area contributed by atoms with Gasteiger partial charge in [0.15, 0.2) is 0 Å². The van der Waals surface area contributed by atoms with Crippen LogP contribution in [0.4, 0.5) is 0 Å². The van der Waals surface area contributed by atoms with Crippen molar-refractivity contribution in [3.8, 4) is 0 Å². The Labute approximate surface area is 194 Å². The maximum Gasteiger partial charge on any atom is 0.311 e. The van der Waals surface area contributed by atoms with Gasteiger partial charge in [0.2, 0.25) is 0 Å². The van der Waals surface area contributed by atoms with E-state index in [1.54, 1.807) is 7.11 Å². The highest BCUT2D eigenvalue weighted by atomic mass is 16.5. The van der Waals surface area contributed by atoms with E-state index in [-0.39, 0.29) is 16.8 Å². The number of allylic oxidation sites excluding steroid dienone is 1. The van der Waals surface area contributed by atoms with E-state index in [0.29, 0.717) is 17.9 Å². The molecule has 4 rings (SSSR count). The molecule has 3 fully saturated rings. The fourth-order valence-corrected chi connectivity index (χ4v) is 7.57. The molecule has 1 saturated heterocycles. The van der Waals surface area contributed by atoms with Gasteiger partial charge in [-0.05, 0) is 101 Å². The van der Waals surface area contributed by atoms with Gasteiger partial charge in [-0.1, -0.05) is 31.9 Å². The molecule has 178 valence electrons. The van der Waals surface area contributed by atoms with E-state index < -0.39 is 0 Å². The van der Waals surface area contributed by atoms with Gasteiger partial charge in [-0.3, -0.25) is 9.69 Å². The molecular weight excluding hydrogens is 398 g/mol. The first kappa shape index (κ1) is 23.6. The number of hydrogen-bond donors (Lipinski definition) is 0. The van der Waals surface area contributed by atoms with Gasteiger partial charge in [0, 0.05) is 6.04 Å². The number of hydrogen-bond acceptors (Lipinski definition) is 4. The average molecular weight is 442 g/mol. The number of nitrogens with zero attached hydrogens (tertiary/aromatic N) is 1. The van der Waals surface area contributed by atoms with Crippen molar-refractivity contribution >= 4 is 5.97 Å². The summed E-state index contributed by atoms with van der Waals surface area (Å²) in [6.45, 7) is 13.5. The summed E-state index contributed by atoms with van der Waals surface area (Å²) < 4.78 is 11.3. The standard InChI is InChI=1S/C28H43NO3/c1-20-10-13-25-27(3,15-8-16-28(25,4)26(30)31-5)23(20)12-11-22-14-18-32-24(22)19-29-17-7-6-9-21(29)2/h14,18,21,23,25H,1,6-13,15-17,19H2,2-5H3/t21-,23+,25+,27-,28-/m1/s1. The van der Waals surface area contributed by atoms with Crippen LogP contribution in [-0.2, 0) is 22.5 Å². The Balaban J connectivity index is 1.49. The third-order valence-electron chi connectivity index (χ3n) is 9.50. The molecule has 2 heterocycles. The van der Waals surface area contributed by atoms with Crippen molar-refractivity contribution in [2.45, 2.75) is 97.6 Å². The molecule has 4 nitrogen and oxygen atoms in total. The summed E-state index contributed by atoms with van der Waals surface area (Å²) in [5, 5.41) is 0. The molecule has 0 radical (unpaired) electrons. The molecule has 0 spiro atoms. The van der Waals surface area contributed by atoms with Gasteiger partial charge in [0.05, 0.1) is 25.3 Å². The molecule has 32 heavy (non-hydrogen) atoms. The third kappa shape index (κ3) is 4.20. The van der Waals surface area contributed by atoms with E-state index in [9.17, 15) is 4.79 Å². The lowest BCUT2D eigenvalue weighted by atomic mass is 9.46. The van der Waals surface area contributed by atoms with Crippen molar-refractivity contribution in [3.05, 3.63) is 35.8 Å². The SMILES string of the molecule is C=C1CC[C@H]2[C@](C)(CCC[C@@]2(C)C(=O)OC)[C@H]1CCc1ccoc1CN1CCCC[C@H]1C. The minimum absolute atomic E-state index is 0.0209. The van der Waals surface area contributed by atoms with Crippen LogP contribution in [0.25, 0.3) is 0 Å². The topological polar surface area (TPSA) is 42.7 Å². The summed E-state index contributed by atoms with van der Waals surface area (Å²) in [6.07, 6.45) is 13.2. The third-order valence-corrected chi connectivity index (χ3v) is 9.50. The zero-order valence-corrected chi connectivity index (χ0v) is 20.8. The molecule has 0 bridgehead atoms. The molecule has 0 N–H and O–H groups in total. The zero-order chi connectivity index (χ0) is 22.9. The minimum atomic E-state index is -0.369. The minimum Gasteiger partial charge on any atom is -0.469 e. The molecule has 1 aliphatic heterocycles. The monoisotopic (exact) mass is 441 g/mol. The van der Waals surface area contributed by atoms with Crippen LogP contribution >= 0.6 is 0 Å². The summed E-state index contributed by atoms with van der Waals surface area (Å²) in [5.41, 5.74) is 2.48. The second-order valence-corrected chi connectivity index (χ2v) is 11.3. The summed E-state index contributed by atoms with van der Waals surface area (Å²) in [7, 11) is 1.54. The van der Waals surface area contributed by atoms with Gasteiger partial charge < -0.3 is 9.15 Å². The second kappa shape index (κ2) is 9.37. The maximum absolute atomic E-state index is 12.8. The Morgan fingerprint density at radius 3 is 2.81 bits per heavy atom. The largest absolute Gasteiger partial charge is 0.469 e. The first-order chi connectivity index (χ1) is 15.3. The van der Waals surface area contributed by atoms with Crippen LogP contribution in [0, 0.1) is 22.7 Å². The number of aryl methyl sites for hydroxylation is 1. The Hall–Kier alpha value is -1.55. The van der Waals surface area contributed by atoms with Gasteiger partial charge in [-0.2, -0.15) is 0 Å². The average Bonchev–Trinajstić information content (AvgIpc) is 3.21. The van der Waals surface area contributed by atoms with Crippen molar-refractivity contribution in [1.82, 2.24) is 4.90 Å². The van der Waals surface area contributed by atoms with Crippen LogP contribution in [0.1, 0.15) is 89.9 Å². The van der Waals surface area contributed by atoms with Crippen LogP contribution in [0.15, 0.2) is 28.9 Å². The highest BCUT2D eigenvalue weighted by Crippen LogP contribution is 2.62. The highest BCUT2D eigenvalue weighted by molar-refractivity contribution is 5.77. The number of ether oxygens (including phenoxy) is 1. The first-order valence-electron chi connectivity index (χ1n) is 12.8. The van der Waals surface area contributed by atoms with Crippen molar-refractivity contribution in [1.29, 1.82) is 0 Å². The van der Waals surface area contributed by atoms with Crippen molar-refractivity contribution in [2.24, 2.45) is 22.7 Å². The molecule has 3 aliphatic rings. The molecule has 4 heteroatoms. The Morgan fingerprint density at radius 2 is 2.06 bits per heavy atom. The highest BCUT2D eigenvalue weighted by Gasteiger charge is 2.57. The molecule has 0 aromatic carbocycles. The summed E-state index contributed by atoms with van der Waals surface area (Å²) >= 11 is 0. The van der Waals surface area contributed by atoms with Crippen molar-refractivity contribution in [2.75, 3.05) is 13.7 Å². The van der Waals surface area contributed by atoms with Crippen molar-refractivity contribution in [3.63, 3.8) is 0 Å². The number of carbonyl (C=O) groups excluding carboxylic acids is 1. The van der Waals surface area contributed by atoms with Gasteiger partial charge in [0.1, 0.15) is 5.76 Å². The number of fused-ring (bicyclic) bond motifs is 1. The normalized spacial score (nSPS) is 36.0. The summed E-state index contributed by atoms with van der Waals surface area (Å²) in [5.74, 6) is 1.93. The molecule has 2 saturated carbocycles. The van der Waals surface area contributed by atoms with Gasteiger partial charge in [-0.15, -0.1) is 0 Å². The smallest absolute Gasteiger partial charge is 0.311 e. The van der Waals surface area contributed by atoms with E-state index in [1.165, 1.54) is 43.4 Å². The molecule has 0 amide bonds. The summed E-state index contributed by atoms with van der Waals surface area (Å²) in [6, 6.07) is 2.81. The van der Waals surface area contributed by atoms with E-state index in [1.807, 2.05) is 6.26 Å². The molecule has 0 unspecified atom stereocenters. The number of rotatable bonds is 6. The predicted octanol–water partition coefficient (Wildman–Crippen LogP) is 6.54. The fraction of sp³-hybridized carbons (Fsp3) is 0.750. The molecule has 2 aliphatic carbocycles. The van der Waals surface area contributed by atoms with Crippen LogP contribution in [0.2, 0.25) is 0 Å². The van der Waals surface area contributed by atoms with E-state index in [2.05, 4.69) is 38.3 Å². The number of furan rings is 1. The van der Waals surface area contributed by atoms with Gasteiger partial charge in [0.25, 0.3) is 0 Å². The number of piperidine rings is 1. The lowest BCUT2D eigenvalue weighted by Crippen LogP contribution is -2.53. The lowest BCUT2D eigenvalue weighted by molar-refractivity contribution is -0.168. The van der Waals surface area contributed by atoms with E-state index in [4.69, 9.17) is 9.15 Å². The maximum atomic E-state index is 12.8. The predicted molar refractivity (Wildman–Crippen MR) is 128 cm³/mol. The Morgan fingerprint density at radius 1 is 1.25 bits per heavy atom. The number of esters is 1. The zero-order valence-electron chi connectivity index (χ0n) is 20.8. The number of carbonyl (C=O) groups is 1. The van der Waals surface area contributed by atoms with E-state index >= 15 is 0 Å². The van der Waals surface area contributed by atoms with Gasteiger partial charge >= 0.3 is 5.97 Å². The van der Waals surface area contributed by atoms with Crippen LogP contribution < -0.4 is 0 Å². The van der Waals surface area contributed by atoms with Crippen LogP contribution in [0.3, 0.4) is 0 Å². The quantitative estimate of drug-likeness (QED) is 0.371. The first-order valence-corrected chi connectivity index (χ1v) is 12.8. The molecule has 1 aromatic heterocycles. The molecule has 5 atom stereocenters. The van der Waals surface area contributed by atoms with Crippen LogP contribution in [0.5, 0.6) is 0 Å². The second-order valence-electron chi connectivity index (χ2n) is 11.3. The Kier molecular flexibility index (Phi) is 6.91. The fourth-order valence-electron chi connectivity index (χ4n) is 7.57. The lowest BCUT2D eigenvalue weighted by Gasteiger charge is -2.57. The summed E-state index contributed by atoms with van der Waals surface area (Å²) in [4.78, 5) is 15.4. The Bertz CT molecular complexity index is 828. The molecule has 1 aromatic rings.